The van der Waals surface area contributed by atoms with Crippen LogP contribution in [0.3, 0.4) is 0 Å². The number of halogens is 3. The monoisotopic (exact) mass is 301 g/mol. The average molecular weight is 301 g/mol. The van der Waals surface area contributed by atoms with Crippen LogP contribution in [0.15, 0.2) is 18.2 Å². The highest BCUT2D eigenvalue weighted by Gasteiger charge is 2.33. The fourth-order valence-electron chi connectivity index (χ4n) is 2.70. The number of nitrogens with zero attached hydrogens (tertiary/aromatic N) is 1. The summed E-state index contributed by atoms with van der Waals surface area (Å²) in [6.45, 7) is 4.59. The van der Waals surface area contributed by atoms with Crippen LogP contribution in [-0.4, -0.2) is 30.6 Å². The molecule has 1 aromatic rings. The van der Waals surface area contributed by atoms with Crippen molar-refractivity contribution in [2.45, 2.75) is 38.4 Å². The van der Waals surface area contributed by atoms with E-state index < -0.39 is 11.7 Å². The predicted molar refractivity (Wildman–Crippen MR) is 79.2 cm³/mol. The van der Waals surface area contributed by atoms with Crippen LogP contribution in [0.1, 0.15) is 31.7 Å². The van der Waals surface area contributed by atoms with Crippen molar-refractivity contribution in [1.82, 2.24) is 4.90 Å². The van der Waals surface area contributed by atoms with Crippen molar-refractivity contribution in [3.8, 4) is 0 Å². The van der Waals surface area contributed by atoms with E-state index in [-0.39, 0.29) is 17.4 Å². The minimum Gasteiger partial charge on any atom is -0.399 e. The molecule has 0 saturated carbocycles. The van der Waals surface area contributed by atoms with Gasteiger partial charge in [0, 0.05) is 24.0 Å². The second-order valence-electron chi connectivity index (χ2n) is 5.63. The maximum Gasteiger partial charge on any atom is 0.418 e. The third kappa shape index (κ3) is 4.27. The van der Waals surface area contributed by atoms with Crippen LogP contribution in [0.25, 0.3) is 0 Å². The van der Waals surface area contributed by atoms with Gasteiger partial charge in [0.25, 0.3) is 0 Å². The smallest absolute Gasteiger partial charge is 0.399 e. The Morgan fingerprint density at radius 2 is 1.90 bits per heavy atom. The van der Waals surface area contributed by atoms with Gasteiger partial charge >= 0.3 is 6.18 Å². The molecular formula is C15H22F3N3. The Balaban J connectivity index is 2.02. The first-order chi connectivity index (χ1) is 9.88. The molecule has 1 heterocycles. The Morgan fingerprint density at radius 1 is 1.24 bits per heavy atom. The van der Waals surface area contributed by atoms with Gasteiger partial charge in [0.15, 0.2) is 0 Å². The number of anilines is 2. The summed E-state index contributed by atoms with van der Waals surface area (Å²) in [6.07, 6.45) is -0.821. The topological polar surface area (TPSA) is 41.3 Å². The Bertz CT molecular complexity index is 468. The lowest BCUT2D eigenvalue weighted by atomic mass is 10.1. The van der Waals surface area contributed by atoms with Crippen LogP contribution in [0.5, 0.6) is 0 Å². The third-order valence-electron chi connectivity index (χ3n) is 3.95. The Kier molecular flexibility index (Phi) is 4.98. The van der Waals surface area contributed by atoms with Gasteiger partial charge in [-0.25, -0.2) is 0 Å². The molecule has 1 fully saturated rings. The van der Waals surface area contributed by atoms with E-state index in [2.05, 4.69) is 10.2 Å². The van der Waals surface area contributed by atoms with Crippen molar-refractivity contribution in [3.63, 3.8) is 0 Å². The largest absolute Gasteiger partial charge is 0.418 e. The Morgan fingerprint density at radius 3 is 2.52 bits per heavy atom. The number of nitrogen functional groups attached to an aromatic ring is 1. The quantitative estimate of drug-likeness (QED) is 0.835. The van der Waals surface area contributed by atoms with Crippen molar-refractivity contribution in [2.24, 2.45) is 0 Å². The van der Waals surface area contributed by atoms with E-state index in [9.17, 15) is 13.2 Å². The zero-order valence-corrected chi connectivity index (χ0v) is 12.2. The highest BCUT2D eigenvalue weighted by atomic mass is 19.4. The number of rotatable bonds is 4. The van der Waals surface area contributed by atoms with E-state index in [0.717, 1.165) is 19.2 Å². The SMILES string of the molecule is CC(CNc1ccc(N)cc1C(F)(F)F)N1CCCCC1. The third-order valence-corrected chi connectivity index (χ3v) is 3.95. The van der Waals surface area contributed by atoms with Crippen molar-refractivity contribution >= 4 is 11.4 Å². The molecule has 21 heavy (non-hydrogen) atoms. The predicted octanol–water partition coefficient (Wildman–Crippen LogP) is 3.57. The van der Waals surface area contributed by atoms with E-state index >= 15 is 0 Å². The van der Waals surface area contributed by atoms with E-state index in [1.165, 1.54) is 31.4 Å². The van der Waals surface area contributed by atoms with Crippen LogP contribution in [0.4, 0.5) is 24.5 Å². The minimum absolute atomic E-state index is 0.0977. The summed E-state index contributed by atoms with van der Waals surface area (Å²) in [5.41, 5.74) is 4.98. The number of nitrogens with two attached hydrogens (primary N) is 1. The summed E-state index contributed by atoms with van der Waals surface area (Å²) in [5, 5.41) is 2.93. The molecule has 0 aromatic heterocycles. The zero-order valence-electron chi connectivity index (χ0n) is 12.2. The zero-order chi connectivity index (χ0) is 15.5. The first-order valence-corrected chi connectivity index (χ1v) is 7.32. The molecule has 0 bridgehead atoms. The highest BCUT2D eigenvalue weighted by Crippen LogP contribution is 2.36. The molecule has 0 radical (unpaired) electrons. The van der Waals surface area contributed by atoms with E-state index in [0.29, 0.717) is 6.54 Å². The Hall–Kier alpha value is -1.43. The number of nitrogens with one attached hydrogen (secondary N) is 1. The maximum absolute atomic E-state index is 13.0. The number of piperidine rings is 1. The van der Waals surface area contributed by atoms with Crippen LogP contribution in [-0.2, 0) is 6.18 Å². The van der Waals surface area contributed by atoms with Gasteiger partial charge in [-0.3, -0.25) is 4.90 Å². The molecule has 1 atom stereocenters. The summed E-state index contributed by atoms with van der Waals surface area (Å²) >= 11 is 0. The van der Waals surface area contributed by atoms with Crippen molar-refractivity contribution in [3.05, 3.63) is 23.8 Å². The van der Waals surface area contributed by atoms with Crippen molar-refractivity contribution in [2.75, 3.05) is 30.7 Å². The summed E-state index contributed by atoms with van der Waals surface area (Å²) in [4.78, 5) is 2.32. The fraction of sp³-hybridized carbons (Fsp3) is 0.600. The molecule has 0 spiro atoms. The van der Waals surface area contributed by atoms with Gasteiger partial charge in [-0.05, 0) is 51.1 Å². The molecule has 3 N–H and O–H groups in total. The number of likely N-dealkylation sites (tertiary alicyclic amines) is 1. The summed E-state index contributed by atoms with van der Waals surface area (Å²) in [5.74, 6) is 0. The van der Waals surface area contributed by atoms with Crippen LogP contribution in [0.2, 0.25) is 0 Å². The average Bonchev–Trinajstić information content (AvgIpc) is 2.45. The molecule has 1 aliphatic rings. The number of alkyl halides is 3. The van der Waals surface area contributed by atoms with Gasteiger partial charge in [0.1, 0.15) is 0 Å². The van der Waals surface area contributed by atoms with Crippen LogP contribution >= 0.6 is 0 Å². The fourth-order valence-corrected chi connectivity index (χ4v) is 2.70. The lowest BCUT2D eigenvalue weighted by Crippen LogP contribution is -2.41. The summed E-state index contributed by atoms with van der Waals surface area (Å²) in [7, 11) is 0. The van der Waals surface area contributed by atoms with Gasteiger partial charge in [-0.1, -0.05) is 6.42 Å². The van der Waals surface area contributed by atoms with Crippen LogP contribution in [0, 0.1) is 0 Å². The molecule has 2 rings (SSSR count). The molecule has 0 aliphatic carbocycles. The molecular weight excluding hydrogens is 279 g/mol. The first-order valence-electron chi connectivity index (χ1n) is 7.32. The molecule has 0 amide bonds. The van der Waals surface area contributed by atoms with Crippen LogP contribution < -0.4 is 11.1 Å². The highest BCUT2D eigenvalue weighted by molar-refractivity contribution is 5.59. The molecule has 118 valence electrons. The summed E-state index contributed by atoms with van der Waals surface area (Å²) < 4.78 is 39.0. The van der Waals surface area contributed by atoms with Gasteiger partial charge in [0.05, 0.1) is 5.56 Å². The van der Waals surface area contributed by atoms with Crippen molar-refractivity contribution < 1.29 is 13.2 Å². The number of hydrogen-bond acceptors (Lipinski definition) is 3. The molecule has 1 aromatic carbocycles. The summed E-state index contributed by atoms with van der Waals surface area (Å²) in [6, 6.07) is 4.09. The van der Waals surface area contributed by atoms with Gasteiger partial charge in [-0.2, -0.15) is 13.2 Å². The molecule has 1 aliphatic heterocycles. The number of benzene rings is 1. The molecule has 1 unspecified atom stereocenters. The van der Waals surface area contributed by atoms with E-state index in [1.54, 1.807) is 0 Å². The maximum atomic E-state index is 13.0. The van der Waals surface area contributed by atoms with Gasteiger partial charge in [0.2, 0.25) is 0 Å². The Labute approximate surface area is 123 Å². The normalized spacial score (nSPS) is 18.5. The minimum atomic E-state index is -4.40. The lowest BCUT2D eigenvalue weighted by Gasteiger charge is -2.32. The lowest BCUT2D eigenvalue weighted by molar-refractivity contribution is -0.136. The molecule has 6 heteroatoms. The first kappa shape index (κ1) is 15.9. The second-order valence-corrected chi connectivity index (χ2v) is 5.63. The van der Waals surface area contributed by atoms with Gasteiger partial charge < -0.3 is 11.1 Å². The standard InChI is InChI=1S/C15H22F3N3/c1-11(21-7-3-2-4-8-21)10-20-14-6-5-12(19)9-13(14)15(16,17)18/h5-6,9,11,20H,2-4,7-8,10,19H2,1H3. The van der Waals surface area contributed by atoms with E-state index in [4.69, 9.17) is 5.73 Å². The van der Waals surface area contributed by atoms with E-state index in [1.807, 2.05) is 6.92 Å². The molecule has 3 nitrogen and oxygen atoms in total. The second kappa shape index (κ2) is 6.56. The van der Waals surface area contributed by atoms with Crippen molar-refractivity contribution in [1.29, 1.82) is 0 Å². The van der Waals surface area contributed by atoms with Gasteiger partial charge in [-0.15, -0.1) is 0 Å². The number of hydrogen-bond donors (Lipinski definition) is 2. The molecule has 1 saturated heterocycles.